The molecule has 1 aliphatic rings. The van der Waals surface area contributed by atoms with Gasteiger partial charge in [0.15, 0.2) is 6.04 Å². The molecule has 0 N–H and O–H groups in total. The summed E-state index contributed by atoms with van der Waals surface area (Å²) in [5, 5.41) is 16.6. The fraction of sp³-hybridized carbons (Fsp3) is 0.115. The van der Waals surface area contributed by atoms with Gasteiger partial charge in [0.25, 0.3) is 5.91 Å². The number of carbonyl (C=O) groups excluding carboxylic acids is 1. The van der Waals surface area contributed by atoms with Crippen LogP contribution in [0.3, 0.4) is 0 Å². The molecule has 5 rings (SSSR count). The highest BCUT2D eigenvalue weighted by Crippen LogP contribution is 2.31. The lowest BCUT2D eigenvalue weighted by molar-refractivity contribution is -0.117. The Morgan fingerprint density at radius 1 is 0.914 bits per heavy atom. The summed E-state index contributed by atoms with van der Waals surface area (Å²) < 4.78 is 11.0. The van der Waals surface area contributed by atoms with E-state index >= 15 is 0 Å². The smallest absolute Gasteiger partial charge is 0.282 e. The molecule has 0 saturated carbocycles. The van der Waals surface area contributed by atoms with Crippen molar-refractivity contribution in [3.63, 3.8) is 0 Å². The first-order valence-corrected chi connectivity index (χ1v) is 11.7. The minimum absolute atomic E-state index is 0.286. The van der Waals surface area contributed by atoms with Crippen LogP contribution in [-0.4, -0.2) is 29.8 Å². The molecule has 174 valence electrons. The number of nitrogens with zero attached hydrogens (tertiary/aromatic N) is 5. The molecular weight excluding hydrogens is 462 g/mol. The number of ether oxygens (including phenoxy) is 2. The number of carbonyl (C=O) groups is 1. The molecule has 0 aliphatic carbocycles. The topological polar surface area (TPSA) is 88.7 Å². The van der Waals surface area contributed by atoms with Crippen LogP contribution in [0.5, 0.6) is 17.2 Å². The molecule has 0 radical (unpaired) electrons. The zero-order valence-electron chi connectivity index (χ0n) is 19.0. The van der Waals surface area contributed by atoms with E-state index in [1.54, 1.807) is 38.3 Å². The second kappa shape index (κ2) is 9.86. The quantitative estimate of drug-likeness (QED) is 0.281. The summed E-state index contributed by atoms with van der Waals surface area (Å²) in [4.78, 5) is 17.6. The number of anilines is 1. The average molecular weight is 484 g/mol. The molecule has 0 spiro atoms. The van der Waals surface area contributed by atoms with Crippen molar-refractivity contribution < 1.29 is 14.3 Å². The summed E-state index contributed by atoms with van der Waals surface area (Å²) in [5.74, 6) is 1.92. The minimum Gasteiger partial charge on any atom is -0.497 e. The van der Waals surface area contributed by atoms with Crippen LogP contribution in [-0.2, 0) is 4.79 Å². The Hall–Kier alpha value is -4.37. The van der Waals surface area contributed by atoms with Crippen molar-refractivity contribution in [1.29, 1.82) is 0 Å². The Balaban J connectivity index is 1.26. The molecule has 9 heteroatoms. The monoisotopic (exact) mass is 483 g/mol. The van der Waals surface area contributed by atoms with Crippen LogP contribution in [0.25, 0.3) is 11.3 Å². The van der Waals surface area contributed by atoms with Crippen LogP contribution in [0.4, 0.5) is 10.8 Å². The van der Waals surface area contributed by atoms with Gasteiger partial charge in [-0.2, -0.15) is 20.3 Å². The van der Waals surface area contributed by atoms with E-state index in [4.69, 9.17) is 9.47 Å². The molecule has 1 aromatic heterocycles. The van der Waals surface area contributed by atoms with Gasteiger partial charge in [0.05, 0.1) is 24.2 Å². The lowest BCUT2D eigenvalue weighted by Gasteiger charge is -2.08. The second-order valence-electron chi connectivity index (χ2n) is 7.66. The summed E-state index contributed by atoms with van der Waals surface area (Å²) in [6.45, 7) is 1.76. The van der Waals surface area contributed by atoms with Crippen LogP contribution in [0.1, 0.15) is 6.92 Å². The zero-order chi connectivity index (χ0) is 24.2. The Morgan fingerprint density at radius 3 is 2.31 bits per heavy atom. The fourth-order valence-corrected chi connectivity index (χ4v) is 4.20. The summed E-state index contributed by atoms with van der Waals surface area (Å²) in [6.07, 6.45) is 0. The predicted molar refractivity (Wildman–Crippen MR) is 136 cm³/mol. The van der Waals surface area contributed by atoms with Gasteiger partial charge in [0.2, 0.25) is 5.13 Å². The third-order valence-electron chi connectivity index (χ3n) is 5.26. The molecule has 1 amide bonds. The zero-order valence-corrected chi connectivity index (χ0v) is 19.8. The number of methoxy groups -OCH3 is 1. The summed E-state index contributed by atoms with van der Waals surface area (Å²) in [7, 11) is 1.62. The average Bonchev–Trinajstić information content (AvgIpc) is 3.49. The molecule has 0 saturated heterocycles. The summed E-state index contributed by atoms with van der Waals surface area (Å²) >= 11 is 1.35. The summed E-state index contributed by atoms with van der Waals surface area (Å²) in [5.41, 5.74) is 2.86. The maximum absolute atomic E-state index is 13.0. The highest BCUT2D eigenvalue weighted by molar-refractivity contribution is 7.14. The number of rotatable bonds is 7. The van der Waals surface area contributed by atoms with E-state index in [0.29, 0.717) is 22.3 Å². The molecule has 1 atom stereocenters. The maximum atomic E-state index is 13.0. The predicted octanol–water partition coefficient (Wildman–Crippen LogP) is 6.49. The third kappa shape index (κ3) is 4.95. The molecule has 0 fully saturated rings. The number of azo groups is 1. The van der Waals surface area contributed by atoms with Gasteiger partial charge >= 0.3 is 0 Å². The van der Waals surface area contributed by atoms with Crippen LogP contribution in [0.15, 0.2) is 99.6 Å². The molecule has 2 heterocycles. The van der Waals surface area contributed by atoms with E-state index < -0.39 is 6.04 Å². The van der Waals surface area contributed by atoms with E-state index in [1.165, 1.54) is 16.3 Å². The van der Waals surface area contributed by atoms with E-state index in [1.807, 2.05) is 60.0 Å². The van der Waals surface area contributed by atoms with Gasteiger partial charge in [0.1, 0.15) is 17.2 Å². The van der Waals surface area contributed by atoms with Crippen molar-refractivity contribution in [2.45, 2.75) is 13.0 Å². The Bertz CT molecular complexity index is 1380. The maximum Gasteiger partial charge on any atom is 0.282 e. The molecule has 0 unspecified atom stereocenters. The van der Waals surface area contributed by atoms with E-state index in [-0.39, 0.29) is 5.91 Å². The normalized spacial score (nSPS) is 15.5. The number of thiazole rings is 1. The minimum atomic E-state index is -0.788. The van der Waals surface area contributed by atoms with Crippen molar-refractivity contribution >= 4 is 33.8 Å². The van der Waals surface area contributed by atoms with Gasteiger partial charge in [-0.15, -0.1) is 11.3 Å². The molecule has 4 aromatic rings. The van der Waals surface area contributed by atoms with E-state index in [2.05, 4.69) is 20.3 Å². The molecule has 3 aromatic carbocycles. The molecular formula is C26H21N5O3S. The van der Waals surface area contributed by atoms with Gasteiger partial charge in [-0.05, 0) is 67.6 Å². The highest BCUT2D eigenvalue weighted by atomic mass is 32.1. The van der Waals surface area contributed by atoms with Crippen LogP contribution in [0.2, 0.25) is 0 Å². The number of hydrogen-bond donors (Lipinski definition) is 0. The third-order valence-corrected chi connectivity index (χ3v) is 6.08. The van der Waals surface area contributed by atoms with E-state index in [0.717, 1.165) is 22.8 Å². The van der Waals surface area contributed by atoms with Gasteiger partial charge in [-0.25, -0.2) is 4.98 Å². The van der Waals surface area contributed by atoms with Crippen molar-refractivity contribution in [1.82, 2.24) is 4.98 Å². The number of para-hydroxylation sites is 1. The number of benzene rings is 3. The van der Waals surface area contributed by atoms with Gasteiger partial charge in [-0.3, -0.25) is 4.79 Å². The van der Waals surface area contributed by atoms with Gasteiger partial charge < -0.3 is 9.47 Å². The first-order valence-electron chi connectivity index (χ1n) is 10.8. The van der Waals surface area contributed by atoms with E-state index in [9.17, 15) is 4.79 Å². The number of hydrogen-bond acceptors (Lipinski definition) is 8. The van der Waals surface area contributed by atoms with Gasteiger partial charge in [-0.1, -0.05) is 18.2 Å². The molecule has 1 aliphatic heterocycles. The van der Waals surface area contributed by atoms with Crippen LogP contribution in [0, 0.1) is 0 Å². The standard InChI is InChI=1S/C26H21N5O3S/c1-17-24(29-28-19-10-14-22(15-11-19)34-21-6-4-3-5-7-21)25(32)31(30-17)26-27-23(16-35-26)18-8-12-20(33-2)13-9-18/h3-16,24H,1-2H3/t24-/m0/s1. The lowest BCUT2D eigenvalue weighted by Crippen LogP contribution is -2.29. The Labute approximate surface area is 206 Å². The highest BCUT2D eigenvalue weighted by Gasteiger charge is 2.36. The Morgan fingerprint density at radius 2 is 1.60 bits per heavy atom. The number of hydrazone groups is 1. The molecule has 0 bridgehead atoms. The first-order chi connectivity index (χ1) is 17.1. The first kappa shape index (κ1) is 22.4. The van der Waals surface area contributed by atoms with Crippen molar-refractivity contribution in [2.24, 2.45) is 15.3 Å². The van der Waals surface area contributed by atoms with Crippen LogP contribution < -0.4 is 14.5 Å². The second-order valence-corrected chi connectivity index (χ2v) is 8.50. The number of amides is 1. The number of aromatic nitrogens is 1. The van der Waals surface area contributed by atoms with Crippen molar-refractivity contribution in [2.75, 3.05) is 12.1 Å². The van der Waals surface area contributed by atoms with Crippen LogP contribution >= 0.6 is 11.3 Å². The fourth-order valence-electron chi connectivity index (χ4n) is 3.41. The molecule has 35 heavy (non-hydrogen) atoms. The van der Waals surface area contributed by atoms with Crippen molar-refractivity contribution in [3.05, 3.63) is 84.2 Å². The lowest BCUT2D eigenvalue weighted by atomic mass is 10.2. The SMILES string of the molecule is COc1ccc(-c2csc(N3N=C(C)[C@H](N=Nc4ccc(Oc5ccccc5)cc4)C3=O)n2)cc1. The molecule has 8 nitrogen and oxygen atoms in total. The Kier molecular flexibility index (Phi) is 6.32. The largest absolute Gasteiger partial charge is 0.497 e. The summed E-state index contributed by atoms with van der Waals surface area (Å²) in [6, 6.07) is 23.5. The van der Waals surface area contributed by atoms with Crippen molar-refractivity contribution in [3.8, 4) is 28.5 Å². The van der Waals surface area contributed by atoms with Gasteiger partial charge in [0, 0.05) is 10.9 Å².